The van der Waals surface area contributed by atoms with Crippen molar-refractivity contribution in [3.63, 3.8) is 0 Å². The quantitative estimate of drug-likeness (QED) is 0.419. The van der Waals surface area contributed by atoms with E-state index in [1.54, 1.807) is 6.20 Å². The Hall–Kier alpha value is -1.96. The summed E-state index contributed by atoms with van der Waals surface area (Å²) in [7, 11) is 0. The molecule has 0 fully saturated rings. The average Bonchev–Trinajstić information content (AvgIpc) is 2.79. The zero-order chi connectivity index (χ0) is 11.6. The lowest BCUT2D eigenvalue weighted by Crippen LogP contribution is -2.37. The molecule has 0 aromatic carbocycles. The minimum atomic E-state index is 0.480. The van der Waals surface area contributed by atoms with Crippen LogP contribution < -0.4 is 10.6 Å². The monoisotopic (exact) mass is 219 g/mol. The first-order chi connectivity index (χ1) is 7.86. The molecule has 0 radical (unpaired) electrons. The van der Waals surface area contributed by atoms with E-state index in [1.165, 1.54) is 0 Å². The average molecular weight is 219 g/mol. The van der Waals surface area contributed by atoms with Gasteiger partial charge in [-0.15, -0.1) is 6.42 Å². The standard InChI is InChI=1S/C11H17N5/c1-3-6-13-11(12-4-2)14-8-10-16-9-5-7-15-16/h1,5,7,9H,4,6,8,10H2,2H3,(H2,12,13,14). The van der Waals surface area contributed by atoms with Crippen molar-refractivity contribution < 1.29 is 0 Å². The van der Waals surface area contributed by atoms with Gasteiger partial charge in [-0.05, 0) is 13.0 Å². The van der Waals surface area contributed by atoms with Gasteiger partial charge >= 0.3 is 0 Å². The number of hydrogen-bond donors (Lipinski definition) is 2. The van der Waals surface area contributed by atoms with Crippen molar-refractivity contribution >= 4 is 5.96 Å². The number of hydrogen-bond acceptors (Lipinski definition) is 2. The lowest BCUT2D eigenvalue weighted by atomic mass is 10.6. The van der Waals surface area contributed by atoms with Crippen molar-refractivity contribution in [2.24, 2.45) is 4.99 Å². The van der Waals surface area contributed by atoms with Gasteiger partial charge in [-0.3, -0.25) is 9.67 Å². The van der Waals surface area contributed by atoms with Gasteiger partial charge in [0, 0.05) is 18.9 Å². The summed E-state index contributed by atoms with van der Waals surface area (Å²) in [4.78, 5) is 4.36. The predicted octanol–water partition coefficient (Wildman–Crippen LogP) is 0.0714. The summed E-state index contributed by atoms with van der Waals surface area (Å²) < 4.78 is 1.84. The van der Waals surface area contributed by atoms with E-state index in [4.69, 9.17) is 6.42 Å². The van der Waals surface area contributed by atoms with Gasteiger partial charge in [0.2, 0.25) is 0 Å². The van der Waals surface area contributed by atoms with Crippen molar-refractivity contribution in [3.8, 4) is 12.3 Å². The van der Waals surface area contributed by atoms with Crippen LogP contribution in [0, 0.1) is 12.3 Å². The molecule has 0 amide bonds. The first-order valence-electron chi connectivity index (χ1n) is 5.30. The summed E-state index contributed by atoms with van der Waals surface area (Å²) in [5.41, 5.74) is 0. The van der Waals surface area contributed by atoms with Crippen LogP contribution in [0.3, 0.4) is 0 Å². The second-order valence-electron chi connectivity index (χ2n) is 3.09. The van der Waals surface area contributed by atoms with Gasteiger partial charge in [0.25, 0.3) is 0 Å². The number of terminal acetylenes is 1. The zero-order valence-electron chi connectivity index (χ0n) is 9.48. The summed E-state index contributed by atoms with van der Waals surface area (Å²) in [6.45, 7) is 4.74. The van der Waals surface area contributed by atoms with Gasteiger partial charge < -0.3 is 10.6 Å². The maximum Gasteiger partial charge on any atom is 0.192 e. The molecule has 0 saturated heterocycles. The van der Waals surface area contributed by atoms with E-state index in [0.717, 1.165) is 19.0 Å². The maximum absolute atomic E-state index is 5.17. The summed E-state index contributed by atoms with van der Waals surface area (Å²) in [5, 5.41) is 10.2. The molecule has 1 heterocycles. The predicted molar refractivity (Wildman–Crippen MR) is 65.0 cm³/mol. The van der Waals surface area contributed by atoms with E-state index in [1.807, 2.05) is 23.9 Å². The number of aromatic nitrogens is 2. The van der Waals surface area contributed by atoms with E-state index in [9.17, 15) is 0 Å². The normalized spacial score (nSPS) is 10.9. The van der Waals surface area contributed by atoms with Gasteiger partial charge in [-0.1, -0.05) is 5.92 Å². The van der Waals surface area contributed by atoms with Crippen molar-refractivity contribution in [1.29, 1.82) is 0 Å². The first kappa shape index (κ1) is 12.1. The molecule has 16 heavy (non-hydrogen) atoms. The maximum atomic E-state index is 5.17. The van der Waals surface area contributed by atoms with Crippen molar-refractivity contribution in [1.82, 2.24) is 20.4 Å². The summed E-state index contributed by atoms with van der Waals surface area (Å²) in [6.07, 6.45) is 8.84. The van der Waals surface area contributed by atoms with Crippen LogP contribution in [0.15, 0.2) is 23.5 Å². The van der Waals surface area contributed by atoms with Crippen LogP contribution >= 0.6 is 0 Å². The van der Waals surface area contributed by atoms with Crippen molar-refractivity contribution in [2.45, 2.75) is 13.5 Å². The Morgan fingerprint density at radius 1 is 1.56 bits per heavy atom. The van der Waals surface area contributed by atoms with Crippen molar-refractivity contribution in [2.75, 3.05) is 19.6 Å². The fourth-order valence-corrected chi connectivity index (χ4v) is 1.17. The van der Waals surface area contributed by atoms with Crippen LogP contribution in [0.4, 0.5) is 0 Å². The van der Waals surface area contributed by atoms with E-state index >= 15 is 0 Å². The third-order valence-corrected chi connectivity index (χ3v) is 1.86. The molecule has 1 aromatic heterocycles. The van der Waals surface area contributed by atoms with Gasteiger partial charge in [0.15, 0.2) is 5.96 Å². The number of rotatable bonds is 5. The van der Waals surface area contributed by atoms with Gasteiger partial charge in [0.05, 0.1) is 19.6 Å². The van der Waals surface area contributed by atoms with Gasteiger partial charge in [-0.2, -0.15) is 5.10 Å². The molecule has 0 aliphatic heterocycles. The second kappa shape index (κ2) is 7.35. The molecule has 0 unspecified atom stereocenters. The highest BCUT2D eigenvalue weighted by Gasteiger charge is 1.94. The van der Waals surface area contributed by atoms with E-state index < -0.39 is 0 Å². The van der Waals surface area contributed by atoms with Crippen LogP contribution in [-0.4, -0.2) is 35.4 Å². The second-order valence-corrected chi connectivity index (χ2v) is 3.09. The number of nitrogens with one attached hydrogen (secondary N) is 2. The Balaban J connectivity index is 2.35. The van der Waals surface area contributed by atoms with E-state index in [0.29, 0.717) is 13.1 Å². The minimum absolute atomic E-state index is 0.480. The molecule has 0 aliphatic rings. The lowest BCUT2D eigenvalue weighted by Gasteiger charge is -2.08. The molecule has 1 rings (SSSR count). The molecule has 0 spiro atoms. The van der Waals surface area contributed by atoms with Crippen LogP contribution in [0.5, 0.6) is 0 Å². The van der Waals surface area contributed by atoms with Crippen LogP contribution in [0.2, 0.25) is 0 Å². The topological polar surface area (TPSA) is 54.2 Å². The number of aliphatic imine (C=N–C) groups is 1. The summed E-state index contributed by atoms with van der Waals surface area (Å²) in [5.74, 6) is 3.25. The Labute approximate surface area is 96.0 Å². The number of nitrogens with zero attached hydrogens (tertiary/aromatic N) is 3. The third kappa shape index (κ3) is 4.51. The van der Waals surface area contributed by atoms with Gasteiger partial charge in [-0.25, -0.2) is 0 Å². The highest BCUT2D eigenvalue weighted by molar-refractivity contribution is 5.79. The molecule has 0 bridgehead atoms. The largest absolute Gasteiger partial charge is 0.357 e. The minimum Gasteiger partial charge on any atom is -0.357 e. The molecular formula is C11H17N5. The van der Waals surface area contributed by atoms with E-state index in [-0.39, 0.29) is 0 Å². The summed E-state index contributed by atoms with van der Waals surface area (Å²) >= 11 is 0. The Bertz CT molecular complexity index is 347. The van der Waals surface area contributed by atoms with Gasteiger partial charge in [0.1, 0.15) is 0 Å². The highest BCUT2D eigenvalue weighted by atomic mass is 15.3. The molecular weight excluding hydrogens is 202 g/mol. The zero-order valence-corrected chi connectivity index (χ0v) is 9.48. The molecule has 0 saturated carbocycles. The summed E-state index contributed by atoms with van der Waals surface area (Å²) in [6, 6.07) is 1.89. The Morgan fingerprint density at radius 3 is 3.06 bits per heavy atom. The molecule has 0 atom stereocenters. The molecule has 5 nitrogen and oxygen atoms in total. The smallest absolute Gasteiger partial charge is 0.192 e. The molecule has 1 aromatic rings. The SMILES string of the molecule is C#CCNC(=NCCn1cccn1)NCC. The van der Waals surface area contributed by atoms with Crippen LogP contribution in [-0.2, 0) is 6.54 Å². The van der Waals surface area contributed by atoms with Crippen molar-refractivity contribution in [3.05, 3.63) is 18.5 Å². The lowest BCUT2D eigenvalue weighted by molar-refractivity contribution is 0.623. The van der Waals surface area contributed by atoms with E-state index in [2.05, 4.69) is 26.6 Å². The third-order valence-electron chi connectivity index (χ3n) is 1.86. The fourth-order valence-electron chi connectivity index (χ4n) is 1.17. The Morgan fingerprint density at radius 2 is 2.44 bits per heavy atom. The number of guanidine groups is 1. The highest BCUT2D eigenvalue weighted by Crippen LogP contribution is 1.84. The fraction of sp³-hybridized carbons (Fsp3) is 0.455. The van der Waals surface area contributed by atoms with Crippen LogP contribution in [0.25, 0.3) is 0 Å². The molecule has 5 heteroatoms. The van der Waals surface area contributed by atoms with Crippen LogP contribution in [0.1, 0.15) is 6.92 Å². The molecule has 86 valence electrons. The first-order valence-corrected chi connectivity index (χ1v) is 5.30. The Kier molecular flexibility index (Phi) is 5.56. The molecule has 0 aliphatic carbocycles. The molecule has 2 N–H and O–H groups in total.